The maximum atomic E-state index is 12.0. The summed E-state index contributed by atoms with van der Waals surface area (Å²) in [7, 11) is 0. The van der Waals surface area contributed by atoms with Crippen LogP contribution in [0.1, 0.15) is 12.5 Å². The van der Waals surface area contributed by atoms with E-state index in [2.05, 4.69) is 45.4 Å². The SMILES string of the molecule is CC(Cc1ccccc1)Nc1cnn(CCO)c(=O)c1Br. The van der Waals surface area contributed by atoms with Gasteiger partial charge in [-0.1, -0.05) is 30.3 Å². The molecule has 112 valence electrons. The molecule has 2 rings (SSSR count). The van der Waals surface area contributed by atoms with Crippen molar-refractivity contribution in [3.8, 4) is 0 Å². The number of nitrogens with zero attached hydrogens (tertiary/aromatic N) is 2. The molecule has 1 atom stereocenters. The normalized spacial score (nSPS) is 12.1. The molecule has 1 heterocycles. The van der Waals surface area contributed by atoms with Gasteiger partial charge in [0, 0.05) is 6.04 Å². The van der Waals surface area contributed by atoms with E-state index in [4.69, 9.17) is 5.11 Å². The molecule has 0 amide bonds. The number of aliphatic hydroxyl groups is 1. The number of halogens is 1. The predicted molar refractivity (Wildman–Crippen MR) is 86.5 cm³/mol. The monoisotopic (exact) mass is 351 g/mol. The van der Waals surface area contributed by atoms with Gasteiger partial charge in [-0.2, -0.15) is 5.10 Å². The number of hydrogen-bond donors (Lipinski definition) is 2. The lowest BCUT2D eigenvalue weighted by Crippen LogP contribution is -2.27. The molecule has 6 heteroatoms. The summed E-state index contributed by atoms with van der Waals surface area (Å²) in [6.07, 6.45) is 2.45. The summed E-state index contributed by atoms with van der Waals surface area (Å²) in [5.41, 5.74) is 1.65. The van der Waals surface area contributed by atoms with E-state index in [0.717, 1.165) is 6.42 Å². The van der Waals surface area contributed by atoms with Crippen LogP contribution in [0.4, 0.5) is 5.69 Å². The quantitative estimate of drug-likeness (QED) is 0.835. The second-order valence-electron chi connectivity index (χ2n) is 4.86. The van der Waals surface area contributed by atoms with Crippen LogP contribution in [0.25, 0.3) is 0 Å². The molecule has 0 fully saturated rings. The lowest BCUT2D eigenvalue weighted by Gasteiger charge is -2.16. The molecule has 0 aliphatic carbocycles. The van der Waals surface area contributed by atoms with Crippen LogP contribution in [-0.2, 0) is 13.0 Å². The van der Waals surface area contributed by atoms with Gasteiger partial charge in [0.15, 0.2) is 0 Å². The van der Waals surface area contributed by atoms with E-state index >= 15 is 0 Å². The highest BCUT2D eigenvalue weighted by Crippen LogP contribution is 2.18. The number of nitrogens with one attached hydrogen (secondary N) is 1. The molecule has 0 aliphatic rings. The molecule has 2 aromatic rings. The Balaban J connectivity index is 2.09. The van der Waals surface area contributed by atoms with E-state index in [-0.39, 0.29) is 24.8 Å². The maximum Gasteiger partial charge on any atom is 0.283 e. The van der Waals surface area contributed by atoms with Crippen molar-refractivity contribution < 1.29 is 5.11 Å². The van der Waals surface area contributed by atoms with Crippen molar-refractivity contribution in [2.24, 2.45) is 0 Å². The van der Waals surface area contributed by atoms with E-state index in [0.29, 0.717) is 10.2 Å². The van der Waals surface area contributed by atoms with Gasteiger partial charge in [-0.25, -0.2) is 4.68 Å². The van der Waals surface area contributed by atoms with Crippen molar-refractivity contribution in [2.75, 3.05) is 11.9 Å². The van der Waals surface area contributed by atoms with E-state index in [1.54, 1.807) is 6.20 Å². The predicted octanol–water partition coefficient (Wildman–Crippen LogP) is 2.04. The number of aromatic nitrogens is 2. The van der Waals surface area contributed by atoms with E-state index in [9.17, 15) is 4.79 Å². The standard InChI is InChI=1S/C15H18BrN3O2/c1-11(9-12-5-3-2-4-6-12)18-13-10-17-19(7-8-20)15(21)14(13)16/h2-6,10-11,18,20H,7-9H2,1H3. The van der Waals surface area contributed by atoms with Crippen molar-refractivity contribution in [2.45, 2.75) is 25.9 Å². The third kappa shape index (κ3) is 4.15. The first-order valence-corrected chi connectivity index (χ1v) is 7.58. The van der Waals surface area contributed by atoms with Crippen LogP contribution in [0.5, 0.6) is 0 Å². The maximum absolute atomic E-state index is 12.0. The van der Waals surface area contributed by atoms with Crippen molar-refractivity contribution >= 4 is 21.6 Å². The molecule has 5 nitrogen and oxygen atoms in total. The molecule has 1 aromatic carbocycles. The van der Waals surface area contributed by atoms with Crippen molar-refractivity contribution in [3.05, 3.63) is 56.9 Å². The second kappa shape index (κ2) is 7.38. The van der Waals surface area contributed by atoms with Crippen LogP contribution in [0.3, 0.4) is 0 Å². The number of hydrogen-bond acceptors (Lipinski definition) is 4. The molecule has 0 radical (unpaired) electrons. The molecular weight excluding hydrogens is 334 g/mol. The van der Waals surface area contributed by atoms with Gasteiger partial charge in [0.2, 0.25) is 0 Å². The Morgan fingerprint density at radius 1 is 1.38 bits per heavy atom. The highest BCUT2D eigenvalue weighted by Gasteiger charge is 2.11. The molecular formula is C15H18BrN3O2. The summed E-state index contributed by atoms with van der Waals surface area (Å²) in [6.45, 7) is 2.13. The number of anilines is 1. The Labute approximate surface area is 131 Å². The van der Waals surface area contributed by atoms with Gasteiger partial charge >= 0.3 is 0 Å². The van der Waals surface area contributed by atoms with Gasteiger partial charge in [0.05, 0.1) is 25.0 Å². The van der Waals surface area contributed by atoms with Gasteiger partial charge in [0.1, 0.15) is 4.47 Å². The molecule has 21 heavy (non-hydrogen) atoms. The Kier molecular flexibility index (Phi) is 5.52. The van der Waals surface area contributed by atoms with Crippen LogP contribution >= 0.6 is 15.9 Å². The van der Waals surface area contributed by atoms with Crippen molar-refractivity contribution in [1.29, 1.82) is 0 Å². The summed E-state index contributed by atoms with van der Waals surface area (Å²) in [6, 6.07) is 10.3. The third-order valence-corrected chi connectivity index (χ3v) is 3.85. The van der Waals surface area contributed by atoms with Gasteiger partial charge in [0.25, 0.3) is 5.56 Å². The fourth-order valence-corrected chi connectivity index (χ4v) is 2.53. The molecule has 1 unspecified atom stereocenters. The summed E-state index contributed by atoms with van der Waals surface area (Å²) in [4.78, 5) is 12.0. The van der Waals surface area contributed by atoms with E-state index in [1.165, 1.54) is 10.2 Å². The third-order valence-electron chi connectivity index (χ3n) is 3.08. The fourth-order valence-electron chi connectivity index (χ4n) is 2.10. The minimum absolute atomic E-state index is 0.115. The van der Waals surface area contributed by atoms with Gasteiger partial charge < -0.3 is 10.4 Å². The summed E-state index contributed by atoms with van der Waals surface area (Å²) in [5, 5.41) is 16.2. The minimum Gasteiger partial charge on any atom is -0.394 e. The van der Waals surface area contributed by atoms with E-state index < -0.39 is 0 Å². The number of aliphatic hydroxyl groups excluding tert-OH is 1. The fraction of sp³-hybridized carbons (Fsp3) is 0.333. The Hall–Kier alpha value is -1.66. The van der Waals surface area contributed by atoms with Crippen LogP contribution in [0.15, 0.2) is 45.8 Å². The molecule has 0 spiro atoms. The van der Waals surface area contributed by atoms with Crippen molar-refractivity contribution in [1.82, 2.24) is 9.78 Å². The zero-order chi connectivity index (χ0) is 15.2. The average Bonchev–Trinajstić information content (AvgIpc) is 2.48. The molecule has 0 saturated heterocycles. The lowest BCUT2D eigenvalue weighted by atomic mass is 10.1. The van der Waals surface area contributed by atoms with Crippen LogP contribution in [0.2, 0.25) is 0 Å². The topological polar surface area (TPSA) is 67.2 Å². The first kappa shape index (κ1) is 15.7. The zero-order valence-corrected chi connectivity index (χ0v) is 13.4. The van der Waals surface area contributed by atoms with Crippen LogP contribution in [-0.4, -0.2) is 27.5 Å². The van der Waals surface area contributed by atoms with Gasteiger partial charge in [-0.15, -0.1) is 0 Å². The summed E-state index contributed by atoms with van der Waals surface area (Å²) < 4.78 is 1.67. The first-order chi connectivity index (χ1) is 10.1. The molecule has 2 N–H and O–H groups in total. The van der Waals surface area contributed by atoms with Crippen LogP contribution < -0.4 is 10.9 Å². The number of rotatable bonds is 6. The highest BCUT2D eigenvalue weighted by molar-refractivity contribution is 9.10. The van der Waals surface area contributed by atoms with Crippen molar-refractivity contribution in [3.63, 3.8) is 0 Å². The second-order valence-corrected chi connectivity index (χ2v) is 5.65. The average molecular weight is 352 g/mol. The van der Waals surface area contributed by atoms with Crippen LogP contribution in [0, 0.1) is 0 Å². The van der Waals surface area contributed by atoms with Gasteiger partial charge in [-0.3, -0.25) is 4.79 Å². The minimum atomic E-state index is -0.249. The Morgan fingerprint density at radius 2 is 2.10 bits per heavy atom. The Morgan fingerprint density at radius 3 is 2.76 bits per heavy atom. The number of benzene rings is 1. The smallest absolute Gasteiger partial charge is 0.283 e. The van der Waals surface area contributed by atoms with E-state index in [1.807, 2.05) is 18.2 Å². The lowest BCUT2D eigenvalue weighted by molar-refractivity contribution is 0.266. The summed E-state index contributed by atoms with van der Waals surface area (Å²) in [5.74, 6) is 0. The Bertz CT molecular complexity index is 643. The summed E-state index contributed by atoms with van der Waals surface area (Å²) >= 11 is 3.30. The molecule has 1 aromatic heterocycles. The molecule has 0 saturated carbocycles. The highest BCUT2D eigenvalue weighted by atomic mass is 79.9. The molecule has 0 aliphatic heterocycles. The zero-order valence-electron chi connectivity index (χ0n) is 11.8. The molecule has 0 bridgehead atoms. The largest absolute Gasteiger partial charge is 0.394 e. The van der Waals surface area contributed by atoms with Gasteiger partial charge in [-0.05, 0) is 34.8 Å². The first-order valence-electron chi connectivity index (χ1n) is 6.78.